The second-order valence-corrected chi connectivity index (χ2v) is 7.13. The number of anilines is 1. The van der Waals surface area contributed by atoms with Gasteiger partial charge in [-0.05, 0) is 73.4 Å². The molecule has 1 fully saturated rings. The Labute approximate surface area is 153 Å². The number of hydrogen-bond donors (Lipinski definition) is 3. The number of rotatable bonds is 4. The highest BCUT2D eigenvalue weighted by molar-refractivity contribution is 6.30. The predicted molar refractivity (Wildman–Crippen MR) is 102 cm³/mol. The van der Waals surface area contributed by atoms with Gasteiger partial charge in [0.1, 0.15) is 11.6 Å². The van der Waals surface area contributed by atoms with Crippen molar-refractivity contribution < 1.29 is 10.3 Å². The Kier molecular flexibility index (Phi) is 5.82. The van der Waals surface area contributed by atoms with Gasteiger partial charge in [-0.25, -0.2) is 0 Å². The summed E-state index contributed by atoms with van der Waals surface area (Å²) < 4.78 is 0. The molecule has 4 nitrogen and oxygen atoms in total. The molecular weight excluding hydrogens is 336 g/mol. The molecule has 0 saturated heterocycles. The van der Waals surface area contributed by atoms with Gasteiger partial charge in [0.25, 0.3) is 0 Å². The standard InChI is InChI=1S/C20H23ClN2O2/c21-17-2-1-3-18(13-17)22-20(23-25)12-14-4-6-15(7-5-14)16-8-10-19(24)11-9-16/h1-3,8-11,13-15,24-25H,4-7,12H2,(H,22,23)/t14-,15+. The molecule has 3 N–H and O–H groups in total. The van der Waals surface area contributed by atoms with Crippen LogP contribution in [0.1, 0.15) is 43.6 Å². The Balaban J connectivity index is 1.53. The minimum Gasteiger partial charge on any atom is -0.508 e. The van der Waals surface area contributed by atoms with Gasteiger partial charge in [0.2, 0.25) is 0 Å². The van der Waals surface area contributed by atoms with Crippen LogP contribution in [0.2, 0.25) is 5.02 Å². The van der Waals surface area contributed by atoms with Crippen LogP contribution in [0, 0.1) is 5.92 Å². The maximum absolute atomic E-state index is 9.41. The molecule has 0 amide bonds. The molecule has 0 unspecified atom stereocenters. The maximum atomic E-state index is 9.41. The first-order valence-corrected chi connectivity index (χ1v) is 9.04. The zero-order valence-corrected chi connectivity index (χ0v) is 14.8. The lowest BCUT2D eigenvalue weighted by atomic mass is 9.77. The van der Waals surface area contributed by atoms with Gasteiger partial charge >= 0.3 is 0 Å². The lowest BCUT2D eigenvalue weighted by Gasteiger charge is -2.29. The molecule has 0 spiro atoms. The summed E-state index contributed by atoms with van der Waals surface area (Å²) in [6, 6.07) is 14.9. The Bertz CT molecular complexity index is 723. The van der Waals surface area contributed by atoms with E-state index in [0.29, 0.717) is 28.4 Å². The van der Waals surface area contributed by atoms with Crippen molar-refractivity contribution in [3.8, 4) is 5.75 Å². The molecule has 1 aliphatic rings. The van der Waals surface area contributed by atoms with E-state index in [1.54, 1.807) is 12.1 Å². The fourth-order valence-corrected chi connectivity index (χ4v) is 3.76. The van der Waals surface area contributed by atoms with E-state index in [4.69, 9.17) is 11.6 Å². The van der Waals surface area contributed by atoms with Crippen LogP contribution in [-0.2, 0) is 0 Å². The van der Waals surface area contributed by atoms with Crippen molar-refractivity contribution in [3.63, 3.8) is 0 Å². The van der Waals surface area contributed by atoms with Gasteiger partial charge in [0, 0.05) is 17.1 Å². The number of oxime groups is 1. The van der Waals surface area contributed by atoms with E-state index in [-0.39, 0.29) is 0 Å². The van der Waals surface area contributed by atoms with Crippen molar-refractivity contribution in [2.45, 2.75) is 38.0 Å². The second-order valence-electron chi connectivity index (χ2n) is 6.70. The lowest BCUT2D eigenvalue weighted by Crippen LogP contribution is -2.21. The van der Waals surface area contributed by atoms with Crippen LogP contribution in [0.4, 0.5) is 5.69 Å². The molecule has 1 saturated carbocycles. The molecule has 132 valence electrons. The highest BCUT2D eigenvalue weighted by Gasteiger charge is 2.23. The number of phenols is 1. The number of aromatic hydroxyl groups is 1. The number of nitrogens with one attached hydrogen (secondary N) is 1. The molecule has 5 heteroatoms. The average molecular weight is 359 g/mol. The monoisotopic (exact) mass is 358 g/mol. The van der Waals surface area contributed by atoms with Gasteiger partial charge in [0.05, 0.1) is 0 Å². The lowest BCUT2D eigenvalue weighted by molar-refractivity contribution is 0.306. The number of hydrogen-bond acceptors (Lipinski definition) is 3. The predicted octanol–water partition coefficient (Wildman–Crippen LogP) is 5.61. The second kappa shape index (κ2) is 8.26. The molecule has 0 aliphatic heterocycles. The number of halogens is 1. The molecule has 0 atom stereocenters. The van der Waals surface area contributed by atoms with Crippen molar-refractivity contribution in [1.82, 2.24) is 0 Å². The molecule has 2 aromatic rings. The summed E-state index contributed by atoms with van der Waals surface area (Å²) in [6.45, 7) is 0. The summed E-state index contributed by atoms with van der Waals surface area (Å²) in [6.07, 6.45) is 5.16. The fourth-order valence-electron chi connectivity index (χ4n) is 3.57. The third kappa shape index (κ3) is 4.89. The van der Waals surface area contributed by atoms with E-state index in [9.17, 15) is 10.3 Å². The van der Waals surface area contributed by atoms with E-state index >= 15 is 0 Å². The summed E-state index contributed by atoms with van der Waals surface area (Å²) in [5.41, 5.74) is 2.13. The van der Waals surface area contributed by atoms with E-state index < -0.39 is 0 Å². The highest BCUT2D eigenvalue weighted by Crippen LogP contribution is 2.37. The van der Waals surface area contributed by atoms with Gasteiger partial charge in [-0.2, -0.15) is 0 Å². The van der Waals surface area contributed by atoms with Crippen LogP contribution in [0.5, 0.6) is 5.75 Å². The molecule has 0 heterocycles. The topological polar surface area (TPSA) is 64.9 Å². The summed E-state index contributed by atoms with van der Waals surface area (Å²) >= 11 is 5.99. The number of benzene rings is 2. The van der Waals surface area contributed by atoms with Crippen LogP contribution in [-0.4, -0.2) is 16.1 Å². The molecule has 0 bridgehead atoms. The van der Waals surface area contributed by atoms with Crippen LogP contribution >= 0.6 is 11.6 Å². The Morgan fingerprint density at radius 1 is 1.08 bits per heavy atom. The maximum Gasteiger partial charge on any atom is 0.146 e. The van der Waals surface area contributed by atoms with E-state index in [0.717, 1.165) is 37.8 Å². The quantitative estimate of drug-likeness (QED) is 0.288. The molecule has 0 radical (unpaired) electrons. The Morgan fingerprint density at radius 3 is 2.44 bits per heavy atom. The van der Waals surface area contributed by atoms with Crippen molar-refractivity contribution in [2.24, 2.45) is 11.1 Å². The first-order chi connectivity index (χ1) is 12.1. The van der Waals surface area contributed by atoms with Crippen LogP contribution < -0.4 is 5.32 Å². The zero-order chi connectivity index (χ0) is 17.6. The van der Waals surface area contributed by atoms with Crippen molar-refractivity contribution in [3.05, 3.63) is 59.1 Å². The molecule has 0 aromatic heterocycles. The third-order valence-corrected chi connectivity index (χ3v) is 5.16. The highest BCUT2D eigenvalue weighted by atomic mass is 35.5. The SMILES string of the molecule is ON=C(C[C@H]1CC[C@@H](c2ccc(O)cc2)CC1)Nc1cccc(Cl)c1. The molecule has 25 heavy (non-hydrogen) atoms. The first kappa shape index (κ1) is 17.6. The number of phenolic OH excluding ortho intramolecular Hbond substituents is 1. The minimum absolute atomic E-state index is 0.313. The summed E-state index contributed by atoms with van der Waals surface area (Å²) in [4.78, 5) is 0. The van der Waals surface area contributed by atoms with Gasteiger partial charge in [-0.3, -0.25) is 0 Å². The van der Waals surface area contributed by atoms with Crippen LogP contribution in [0.25, 0.3) is 0 Å². The van der Waals surface area contributed by atoms with E-state index in [1.807, 2.05) is 36.4 Å². The minimum atomic E-state index is 0.313. The normalized spacial score (nSPS) is 21.1. The van der Waals surface area contributed by atoms with Gasteiger partial charge in [-0.15, -0.1) is 0 Å². The number of nitrogens with zero attached hydrogens (tertiary/aromatic N) is 1. The van der Waals surface area contributed by atoms with Crippen molar-refractivity contribution in [1.29, 1.82) is 0 Å². The fraction of sp³-hybridized carbons (Fsp3) is 0.350. The molecule has 1 aliphatic carbocycles. The average Bonchev–Trinajstić information content (AvgIpc) is 2.62. The van der Waals surface area contributed by atoms with Crippen LogP contribution in [0.15, 0.2) is 53.7 Å². The zero-order valence-electron chi connectivity index (χ0n) is 14.0. The summed E-state index contributed by atoms with van der Waals surface area (Å²) in [5, 5.41) is 26.0. The smallest absolute Gasteiger partial charge is 0.146 e. The van der Waals surface area contributed by atoms with Gasteiger partial charge < -0.3 is 15.6 Å². The third-order valence-electron chi connectivity index (χ3n) is 4.93. The van der Waals surface area contributed by atoms with E-state index in [2.05, 4.69) is 10.5 Å². The molecular formula is C20H23ClN2O2. The molecule has 3 rings (SSSR count). The van der Waals surface area contributed by atoms with Crippen molar-refractivity contribution in [2.75, 3.05) is 5.32 Å². The molecule has 2 aromatic carbocycles. The van der Waals surface area contributed by atoms with Crippen LogP contribution in [0.3, 0.4) is 0 Å². The summed E-state index contributed by atoms with van der Waals surface area (Å²) in [5.74, 6) is 1.95. The van der Waals surface area contributed by atoms with Crippen molar-refractivity contribution >= 4 is 23.1 Å². The number of amidine groups is 1. The van der Waals surface area contributed by atoms with Gasteiger partial charge in [-0.1, -0.05) is 35.0 Å². The van der Waals surface area contributed by atoms with Gasteiger partial charge in [0.15, 0.2) is 0 Å². The largest absolute Gasteiger partial charge is 0.508 e. The first-order valence-electron chi connectivity index (χ1n) is 8.66. The Morgan fingerprint density at radius 2 is 1.80 bits per heavy atom. The Hall–Kier alpha value is -2.20. The summed E-state index contributed by atoms with van der Waals surface area (Å²) in [7, 11) is 0. The van der Waals surface area contributed by atoms with E-state index in [1.165, 1.54) is 5.56 Å².